The molecule has 35 heavy (non-hydrogen) atoms. The largest absolute Gasteiger partial charge is 0.444 e. The second-order valence-corrected chi connectivity index (χ2v) is 9.78. The Labute approximate surface area is 205 Å². The van der Waals surface area contributed by atoms with Gasteiger partial charge < -0.3 is 10.1 Å². The third-order valence-electron chi connectivity index (χ3n) is 5.74. The van der Waals surface area contributed by atoms with Crippen LogP contribution in [0.2, 0.25) is 0 Å². The van der Waals surface area contributed by atoms with E-state index in [2.05, 4.69) is 22.5 Å². The fourth-order valence-corrected chi connectivity index (χ4v) is 4.03. The maximum Gasteiger partial charge on any atom is 0.407 e. The zero-order chi connectivity index (χ0) is 25.6. The molecule has 2 heterocycles. The van der Waals surface area contributed by atoms with E-state index in [1.807, 2.05) is 39.0 Å². The summed E-state index contributed by atoms with van der Waals surface area (Å²) in [4.78, 5) is 48.2. The highest BCUT2D eigenvalue weighted by atomic mass is 16.6. The number of rotatable bonds is 7. The number of hydrogen-bond acceptors (Lipinski definition) is 5. The van der Waals surface area contributed by atoms with Crippen LogP contribution in [0.3, 0.4) is 0 Å². The van der Waals surface area contributed by atoms with Crippen molar-refractivity contribution < 1.29 is 19.1 Å². The maximum absolute atomic E-state index is 12.8. The van der Waals surface area contributed by atoms with Crippen molar-refractivity contribution in [3.05, 3.63) is 34.2 Å². The lowest BCUT2D eigenvalue weighted by molar-refractivity contribution is -0.135. The van der Waals surface area contributed by atoms with E-state index < -0.39 is 17.6 Å². The van der Waals surface area contributed by atoms with Gasteiger partial charge in [0.05, 0.1) is 11.0 Å². The van der Waals surface area contributed by atoms with Gasteiger partial charge in [-0.15, -0.1) is 0 Å². The summed E-state index contributed by atoms with van der Waals surface area (Å²) in [5.41, 5.74) is 1.37. The molecule has 2 N–H and O–H groups in total. The van der Waals surface area contributed by atoms with Crippen molar-refractivity contribution in [3.63, 3.8) is 0 Å². The van der Waals surface area contributed by atoms with E-state index in [0.29, 0.717) is 24.0 Å². The Bertz CT molecular complexity index is 1220. The van der Waals surface area contributed by atoms with Gasteiger partial charge in [-0.3, -0.25) is 24.0 Å². The number of amides is 3. The number of carbonyl (C=O) groups excluding carboxylic acids is 3. The number of imide groups is 1. The number of fused-ring (bicyclic) bond motifs is 1. The van der Waals surface area contributed by atoms with Crippen LogP contribution in [0.4, 0.5) is 4.79 Å². The molecule has 1 aliphatic rings. The van der Waals surface area contributed by atoms with Crippen molar-refractivity contribution in [1.29, 1.82) is 0 Å². The third kappa shape index (κ3) is 6.98. The minimum Gasteiger partial charge on any atom is -0.444 e. The van der Waals surface area contributed by atoms with Gasteiger partial charge in [0.25, 0.3) is 0 Å². The summed E-state index contributed by atoms with van der Waals surface area (Å²) in [6.45, 7) is 6.11. The maximum atomic E-state index is 12.8. The highest BCUT2D eigenvalue weighted by Gasteiger charge is 2.31. The van der Waals surface area contributed by atoms with E-state index in [-0.39, 0.29) is 24.1 Å². The predicted molar refractivity (Wildman–Crippen MR) is 133 cm³/mol. The van der Waals surface area contributed by atoms with Crippen LogP contribution in [0.1, 0.15) is 77.3 Å². The Morgan fingerprint density at radius 1 is 1.14 bits per heavy atom. The molecule has 1 aliphatic heterocycles. The fourth-order valence-electron chi connectivity index (χ4n) is 4.03. The molecule has 0 radical (unpaired) electrons. The van der Waals surface area contributed by atoms with E-state index in [4.69, 9.17) is 4.74 Å². The minimum atomic E-state index is -0.694. The molecule has 9 heteroatoms. The molecule has 1 aromatic carbocycles. The fraction of sp³-hybridized carbons (Fsp3) is 0.538. The summed E-state index contributed by atoms with van der Waals surface area (Å²) in [5, 5.41) is 5.08. The molecule has 9 nitrogen and oxygen atoms in total. The zero-order valence-electron chi connectivity index (χ0n) is 20.9. The summed E-state index contributed by atoms with van der Waals surface area (Å²) in [6.07, 6.45) is 4.77. The molecule has 0 saturated carbocycles. The van der Waals surface area contributed by atoms with Gasteiger partial charge in [0.1, 0.15) is 11.6 Å². The molecule has 1 aromatic heterocycles. The Kier molecular flexibility index (Phi) is 8.39. The molecule has 188 valence electrons. The number of imidazole rings is 1. The number of ether oxygens (including phenoxy) is 1. The smallest absolute Gasteiger partial charge is 0.407 e. The highest BCUT2D eigenvalue weighted by molar-refractivity contribution is 6.00. The second-order valence-electron chi connectivity index (χ2n) is 9.78. The van der Waals surface area contributed by atoms with Crippen LogP contribution >= 0.6 is 0 Å². The molecule has 1 atom stereocenters. The van der Waals surface area contributed by atoms with E-state index in [9.17, 15) is 19.2 Å². The van der Waals surface area contributed by atoms with Gasteiger partial charge in [-0.05, 0) is 58.2 Å². The Hall–Kier alpha value is -3.54. The lowest BCUT2D eigenvalue weighted by Crippen LogP contribution is -2.44. The molecule has 1 fully saturated rings. The number of piperidine rings is 1. The van der Waals surface area contributed by atoms with Crippen LogP contribution in [0, 0.1) is 11.8 Å². The van der Waals surface area contributed by atoms with Gasteiger partial charge in [0.15, 0.2) is 0 Å². The molecule has 0 aliphatic carbocycles. The van der Waals surface area contributed by atoms with Crippen LogP contribution in [0.5, 0.6) is 0 Å². The molecule has 3 rings (SSSR count). The molecule has 1 saturated heterocycles. The average Bonchev–Trinajstić information content (AvgIpc) is 3.01. The lowest BCUT2D eigenvalue weighted by atomic mass is 10.1. The van der Waals surface area contributed by atoms with E-state index >= 15 is 0 Å². The Morgan fingerprint density at radius 2 is 1.89 bits per heavy atom. The molecule has 3 amide bonds. The lowest BCUT2D eigenvalue weighted by Gasteiger charge is -2.21. The topological polar surface area (TPSA) is 111 Å². The SMILES string of the molecule is Cn1c(=O)n(C2CCC(=O)NC2=O)c2ccc(C#CCCCCCCNC(=O)OC(C)(C)C)cc21. The molecular formula is C26H34N4O5. The van der Waals surface area contributed by atoms with E-state index in [0.717, 1.165) is 37.7 Å². The van der Waals surface area contributed by atoms with Crippen LogP contribution in [0.15, 0.2) is 23.0 Å². The van der Waals surface area contributed by atoms with Crippen molar-refractivity contribution in [2.24, 2.45) is 7.05 Å². The van der Waals surface area contributed by atoms with Gasteiger partial charge in [-0.2, -0.15) is 0 Å². The summed E-state index contributed by atoms with van der Waals surface area (Å²) in [5.74, 6) is 5.58. The number of aryl methyl sites for hydroxylation is 1. The van der Waals surface area contributed by atoms with E-state index in [1.54, 1.807) is 7.05 Å². The summed E-state index contributed by atoms with van der Waals surface area (Å²) in [6, 6.07) is 4.82. The number of unbranched alkanes of at least 4 members (excludes halogenated alkanes) is 4. The number of benzene rings is 1. The first-order valence-corrected chi connectivity index (χ1v) is 12.1. The quantitative estimate of drug-likeness (QED) is 0.358. The van der Waals surface area contributed by atoms with Gasteiger partial charge in [-0.25, -0.2) is 9.59 Å². The van der Waals surface area contributed by atoms with Gasteiger partial charge >= 0.3 is 11.8 Å². The number of hydrogen-bond donors (Lipinski definition) is 2. The third-order valence-corrected chi connectivity index (χ3v) is 5.74. The normalized spacial score (nSPS) is 15.9. The number of alkyl carbamates (subject to hydrolysis) is 1. The van der Waals surface area contributed by atoms with Crippen molar-refractivity contribution >= 4 is 28.9 Å². The first-order chi connectivity index (χ1) is 16.6. The van der Waals surface area contributed by atoms with Crippen molar-refractivity contribution in [1.82, 2.24) is 19.8 Å². The Balaban J connectivity index is 1.50. The van der Waals surface area contributed by atoms with Crippen molar-refractivity contribution in [2.45, 2.75) is 77.4 Å². The highest BCUT2D eigenvalue weighted by Crippen LogP contribution is 2.23. The average molecular weight is 483 g/mol. The number of aromatic nitrogens is 2. The zero-order valence-corrected chi connectivity index (χ0v) is 20.9. The van der Waals surface area contributed by atoms with Gasteiger partial charge in [0, 0.05) is 32.0 Å². The molecular weight excluding hydrogens is 448 g/mol. The number of nitrogens with one attached hydrogen (secondary N) is 2. The summed E-state index contributed by atoms with van der Waals surface area (Å²) < 4.78 is 8.18. The first-order valence-electron chi connectivity index (χ1n) is 12.1. The summed E-state index contributed by atoms with van der Waals surface area (Å²) >= 11 is 0. The van der Waals surface area contributed by atoms with Crippen LogP contribution < -0.4 is 16.3 Å². The number of carbonyl (C=O) groups is 3. The summed E-state index contributed by atoms with van der Waals surface area (Å²) in [7, 11) is 1.67. The van der Waals surface area contributed by atoms with Crippen LogP contribution in [-0.4, -0.2) is 39.2 Å². The molecule has 2 aromatic rings. The predicted octanol–water partition coefficient (Wildman–Crippen LogP) is 3.14. The van der Waals surface area contributed by atoms with Crippen molar-refractivity contribution in [2.75, 3.05) is 6.54 Å². The van der Waals surface area contributed by atoms with Gasteiger partial charge in [0.2, 0.25) is 11.8 Å². The monoisotopic (exact) mass is 482 g/mol. The van der Waals surface area contributed by atoms with Gasteiger partial charge in [-0.1, -0.05) is 24.7 Å². The Morgan fingerprint density at radius 3 is 2.60 bits per heavy atom. The van der Waals surface area contributed by atoms with E-state index in [1.165, 1.54) is 9.13 Å². The first kappa shape index (κ1) is 26.1. The molecule has 0 spiro atoms. The molecule has 1 unspecified atom stereocenters. The molecule has 0 bridgehead atoms. The number of nitrogens with zero attached hydrogens (tertiary/aromatic N) is 2. The second kappa shape index (κ2) is 11.3. The van der Waals surface area contributed by atoms with Crippen LogP contribution in [-0.2, 0) is 21.4 Å². The standard InChI is InChI=1S/C26H34N4O5/c1-26(2,3)35-24(33)27-16-10-8-6-5-7-9-11-18-12-13-19-21(17-18)29(4)25(34)30(19)20-14-15-22(31)28-23(20)32/h12-13,17,20H,5-8,10,14-16H2,1-4H3,(H,27,33)(H,28,31,32). The van der Waals surface area contributed by atoms with Crippen molar-refractivity contribution in [3.8, 4) is 11.8 Å². The minimum absolute atomic E-state index is 0.211. The van der Waals surface area contributed by atoms with Crippen LogP contribution in [0.25, 0.3) is 11.0 Å².